The molecule has 1 nitrogen and oxygen atoms in total. The first-order valence-corrected chi connectivity index (χ1v) is 5.18. The molecule has 0 aliphatic heterocycles. The summed E-state index contributed by atoms with van der Waals surface area (Å²) in [5.41, 5.74) is 10.9. The van der Waals surface area contributed by atoms with E-state index >= 15 is 0 Å². The third-order valence-electron chi connectivity index (χ3n) is 2.65. The van der Waals surface area contributed by atoms with Gasteiger partial charge in [-0.2, -0.15) is 0 Å². The van der Waals surface area contributed by atoms with E-state index in [1.54, 1.807) is 0 Å². The molecule has 0 aromatic heterocycles. The lowest BCUT2D eigenvalue weighted by atomic mass is 9.96. The Morgan fingerprint density at radius 1 is 1.43 bits per heavy atom. The fourth-order valence-electron chi connectivity index (χ4n) is 1.58. The lowest BCUT2D eigenvalue weighted by Gasteiger charge is -2.10. The number of hydrogen-bond acceptors (Lipinski definition) is 1. The van der Waals surface area contributed by atoms with Crippen LogP contribution in [0.15, 0.2) is 24.3 Å². The molecular formula is C13H19N. The van der Waals surface area contributed by atoms with Crippen molar-refractivity contribution in [3.05, 3.63) is 41.0 Å². The molecule has 1 rings (SSSR count). The zero-order valence-electron chi connectivity index (χ0n) is 9.30. The number of benzene rings is 1. The van der Waals surface area contributed by atoms with E-state index in [4.69, 9.17) is 5.73 Å². The average Bonchev–Trinajstić information content (AvgIpc) is 2.27. The molecule has 0 atom stereocenters. The molecule has 0 unspecified atom stereocenters. The molecule has 0 spiro atoms. The SMILES string of the molecule is C/C=C(/C)c1cc(CN)ccc1CC. The van der Waals surface area contributed by atoms with E-state index in [2.05, 4.69) is 45.0 Å². The Balaban J connectivity index is 3.21. The molecule has 0 bridgehead atoms. The van der Waals surface area contributed by atoms with E-state index in [1.165, 1.54) is 22.3 Å². The van der Waals surface area contributed by atoms with Crippen molar-refractivity contribution in [2.75, 3.05) is 0 Å². The van der Waals surface area contributed by atoms with Crippen LogP contribution in [0.25, 0.3) is 5.57 Å². The summed E-state index contributed by atoms with van der Waals surface area (Å²) in [6.45, 7) is 7.02. The smallest absolute Gasteiger partial charge is 0.0178 e. The first-order valence-electron chi connectivity index (χ1n) is 5.18. The number of hydrogen-bond donors (Lipinski definition) is 1. The molecule has 1 aromatic rings. The topological polar surface area (TPSA) is 26.0 Å². The molecule has 14 heavy (non-hydrogen) atoms. The van der Waals surface area contributed by atoms with E-state index in [9.17, 15) is 0 Å². The zero-order valence-corrected chi connectivity index (χ0v) is 9.30. The van der Waals surface area contributed by atoms with Crippen molar-refractivity contribution in [2.24, 2.45) is 5.73 Å². The van der Waals surface area contributed by atoms with Gasteiger partial charge in [-0.25, -0.2) is 0 Å². The van der Waals surface area contributed by atoms with E-state index in [0.717, 1.165) is 6.42 Å². The fraction of sp³-hybridized carbons (Fsp3) is 0.385. The molecule has 0 saturated heterocycles. The molecule has 1 aromatic carbocycles. The van der Waals surface area contributed by atoms with Crippen LogP contribution in [0.4, 0.5) is 0 Å². The normalized spacial score (nSPS) is 11.9. The van der Waals surface area contributed by atoms with Crippen LogP contribution in [0, 0.1) is 0 Å². The van der Waals surface area contributed by atoms with Crippen molar-refractivity contribution in [1.82, 2.24) is 0 Å². The van der Waals surface area contributed by atoms with Crippen molar-refractivity contribution in [3.8, 4) is 0 Å². The highest BCUT2D eigenvalue weighted by Gasteiger charge is 2.02. The van der Waals surface area contributed by atoms with E-state index in [-0.39, 0.29) is 0 Å². The molecule has 0 fully saturated rings. The summed E-state index contributed by atoms with van der Waals surface area (Å²) in [6.07, 6.45) is 3.22. The molecule has 0 saturated carbocycles. The first-order chi connectivity index (χ1) is 6.72. The Kier molecular flexibility index (Phi) is 3.90. The number of allylic oxidation sites excluding steroid dienone is 2. The largest absolute Gasteiger partial charge is 0.326 e. The number of nitrogens with two attached hydrogens (primary N) is 1. The second kappa shape index (κ2) is 4.97. The Morgan fingerprint density at radius 2 is 2.14 bits per heavy atom. The van der Waals surface area contributed by atoms with Crippen molar-refractivity contribution in [1.29, 1.82) is 0 Å². The highest BCUT2D eigenvalue weighted by molar-refractivity contribution is 5.67. The quantitative estimate of drug-likeness (QED) is 0.776. The highest BCUT2D eigenvalue weighted by Crippen LogP contribution is 2.21. The van der Waals surface area contributed by atoms with Gasteiger partial charge in [0.05, 0.1) is 0 Å². The lowest BCUT2D eigenvalue weighted by molar-refractivity contribution is 1.05. The Morgan fingerprint density at radius 3 is 2.64 bits per heavy atom. The number of aryl methyl sites for hydroxylation is 1. The monoisotopic (exact) mass is 189 g/mol. The summed E-state index contributed by atoms with van der Waals surface area (Å²) in [7, 11) is 0. The summed E-state index contributed by atoms with van der Waals surface area (Å²) in [5.74, 6) is 0. The van der Waals surface area contributed by atoms with Crippen LogP contribution >= 0.6 is 0 Å². The minimum atomic E-state index is 0.619. The standard InChI is InChI=1S/C13H19N/c1-4-10(3)13-8-11(9-14)6-7-12(13)5-2/h4,6-8H,5,9,14H2,1-3H3/b10-4-. The molecule has 0 heterocycles. The van der Waals surface area contributed by atoms with Gasteiger partial charge >= 0.3 is 0 Å². The van der Waals surface area contributed by atoms with Gasteiger partial charge in [-0.3, -0.25) is 0 Å². The maximum Gasteiger partial charge on any atom is 0.0178 e. The van der Waals surface area contributed by atoms with Crippen molar-refractivity contribution >= 4 is 5.57 Å². The Hall–Kier alpha value is -1.08. The van der Waals surface area contributed by atoms with Gasteiger partial charge in [-0.05, 0) is 48.6 Å². The minimum Gasteiger partial charge on any atom is -0.326 e. The Bertz CT molecular complexity index is 337. The van der Waals surface area contributed by atoms with Crippen molar-refractivity contribution in [2.45, 2.75) is 33.7 Å². The van der Waals surface area contributed by atoms with Gasteiger partial charge in [0.1, 0.15) is 0 Å². The van der Waals surface area contributed by atoms with Crippen LogP contribution in [0.1, 0.15) is 37.5 Å². The van der Waals surface area contributed by atoms with Crippen LogP contribution in [-0.4, -0.2) is 0 Å². The summed E-state index contributed by atoms with van der Waals surface area (Å²) < 4.78 is 0. The predicted octanol–water partition coefficient (Wildman–Crippen LogP) is 3.13. The van der Waals surface area contributed by atoms with Crippen LogP contribution in [-0.2, 0) is 13.0 Å². The van der Waals surface area contributed by atoms with Gasteiger partial charge in [0.15, 0.2) is 0 Å². The van der Waals surface area contributed by atoms with Gasteiger partial charge in [-0.15, -0.1) is 0 Å². The summed E-state index contributed by atoms with van der Waals surface area (Å²) in [4.78, 5) is 0. The van der Waals surface area contributed by atoms with Crippen LogP contribution in [0.5, 0.6) is 0 Å². The first kappa shape index (κ1) is 11.0. The third-order valence-corrected chi connectivity index (χ3v) is 2.65. The summed E-state index contributed by atoms with van der Waals surface area (Å²) in [6, 6.07) is 6.50. The van der Waals surface area contributed by atoms with Gasteiger partial charge in [0.25, 0.3) is 0 Å². The minimum absolute atomic E-state index is 0.619. The van der Waals surface area contributed by atoms with Crippen molar-refractivity contribution < 1.29 is 0 Å². The van der Waals surface area contributed by atoms with Crippen LogP contribution in [0.2, 0.25) is 0 Å². The molecule has 0 aliphatic carbocycles. The predicted molar refractivity (Wildman–Crippen MR) is 63.0 cm³/mol. The molecule has 76 valence electrons. The van der Waals surface area contributed by atoms with Gasteiger partial charge < -0.3 is 5.73 Å². The highest BCUT2D eigenvalue weighted by atomic mass is 14.5. The van der Waals surface area contributed by atoms with Crippen LogP contribution < -0.4 is 5.73 Å². The maximum atomic E-state index is 5.63. The second-order valence-corrected chi connectivity index (χ2v) is 3.52. The van der Waals surface area contributed by atoms with Gasteiger partial charge in [0.2, 0.25) is 0 Å². The Labute approximate surface area is 86.6 Å². The zero-order chi connectivity index (χ0) is 10.6. The average molecular weight is 189 g/mol. The number of rotatable bonds is 3. The van der Waals surface area contributed by atoms with E-state index in [1.807, 2.05) is 0 Å². The molecule has 0 amide bonds. The lowest BCUT2D eigenvalue weighted by Crippen LogP contribution is -1.99. The molecule has 0 aliphatic rings. The third kappa shape index (κ3) is 2.24. The fourth-order valence-corrected chi connectivity index (χ4v) is 1.58. The van der Waals surface area contributed by atoms with Gasteiger partial charge in [-0.1, -0.05) is 25.1 Å². The maximum absolute atomic E-state index is 5.63. The van der Waals surface area contributed by atoms with Crippen molar-refractivity contribution in [3.63, 3.8) is 0 Å². The van der Waals surface area contributed by atoms with E-state index in [0.29, 0.717) is 6.54 Å². The van der Waals surface area contributed by atoms with E-state index < -0.39 is 0 Å². The second-order valence-electron chi connectivity index (χ2n) is 3.52. The summed E-state index contributed by atoms with van der Waals surface area (Å²) >= 11 is 0. The van der Waals surface area contributed by atoms with Crippen LogP contribution in [0.3, 0.4) is 0 Å². The molecule has 1 heteroatoms. The molecular weight excluding hydrogens is 170 g/mol. The molecule has 0 radical (unpaired) electrons. The summed E-state index contributed by atoms with van der Waals surface area (Å²) in [5, 5.41) is 0. The molecule has 2 N–H and O–H groups in total. The van der Waals surface area contributed by atoms with Gasteiger partial charge in [0, 0.05) is 6.54 Å².